The van der Waals surface area contributed by atoms with Gasteiger partial charge in [-0.1, -0.05) is 66.4 Å². The first-order valence-electron chi connectivity index (χ1n) is 5.04. The van der Waals surface area contributed by atoms with Gasteiger partial charge in [0.2, 0.25) is 5.12 Å². The van der Waals surface area contributed by atoms with Crippen LogP contribution in [0.25, 0.3) is 0 Å². The average Bonchev–Trinajstić information content (AvgIpc) is 2.38. The Kier molecular flexibility index (Phi) is 3.78. The Hall–Kier alpha value is -1.54. The number of benzene rings is 2. The first-order valence-corrected chi connectivity index (χ1v) is 6.02. The van der Waals surface area contributed by atoms with Crippen molar-refractivity contribution in [1.82, 2.24) is 0 Å². The van der Waals surface area contributed by atoms with E-state index in [0.29, 0.717) is 5.75 Å². The fraction of sp³-hybridized carbons (Fsp3) is 0.0714. The van der Waals surface area contributed by atoms with Crippen LogP contribution in [-0.2, 0) is 5.75 Å². The zero-order valence-electron chi connectivity index (χ0n) is 8.72. The van der Waals surface area contributed by atoms with Gasteiger partial charge in [0.15, 0.2) is 0 Å². The molecular formula is C14H11OS. The van der Waals surface area contributed by atoms with Crippen LogP contribution < -0.4 is 0 Å². The predicted molar refractivity (Wildman–Crippen MR) is 67.3 cm³/mol. The second kappa shape index (κ2) is 5.52. The van der Waals surface area contributed by atoms with Crippen LogP contribution in [0.5, 0.6) is 0 Å². The van der Waals surface area contributed by atoms with E-state index < -0.39 is 0 Å². The summed E-state index contributed by atoms with van der Waals surface area (Å²) in [5.41, 5.74) is 1.81. The van der Waals surface area contributed by atoms with Gasteiger partial charge in [0.25, 0.3) is 0 Å². The normalized spacial score (nSPS) is 10.0. The highest BCUT2D eigenvalue weighted by Gasteiger charge is 2.05. The third kappa shape index (κ3) is 2.97. The van der Waals surface area contributed by atoms with Crippen LogP contribution in [0.3, 0.4) is 0 Å². The summed E-state index contributed by atoms with van der Waals surface area (Å²) in [6.07, 6.45) is 0. The molecule has 0 aliphatic carbocycles. The molecule has 0 aliphatic heterocycles. The van der Waals surface area contributed by atoms with E-state index in [1.54, 1.807) is 0 Å². The number of thioether (sulfide) groups is 1. The van der Waals surface area contributed by atoms with Gasteiger partial charge in [0.05, 0.1) is 0 Å². The largest absolute Gasteiger partial charge is 0.282 e. The molecule has 2 heteroatoms. The Morgan fingerprint density at radius 3 is 2.50 bits per heavy atom. The van der Waals surface area contributed by atoms with E-state index in [1.165, 1.54) is 11.8 Å². The molecule has 0 fully saturated rings. The van der Waals surface area contributed by atoms with Gasteiger partial charge in [-0.15, -0.1) is 0 Å². The Bertz CT molecular complexity index is 451. The van der Waals surface area contributed by atoms with Crippen molar-refractivity contribution in [2.24, 2.45) is 0 Å². The third-order valence-electron chi connectivity index (χ3n) is 2.14. The molecule has 0 N–H and O–H groups in total. The molecule has 0 amide bonds. The molecule has 0 heterocycles. The summed E-state index contributed by atoms with van der Waals surface area (Å²) in [5.74, 6) is 0.675. The van der Waals surface area contributed by atoms with Gasteiger partial charge in [-0.3, -0.25) is 4.79 Å². The summed E-state index contributed by atoms with van der Waals surface area (Å²) in [7, 11) is 0. The molecule has 1 radical (unpaired) electrons. The second-order valence-corrected chi connectivity index (χ2v) is 4.28. The van der Waals surface area contributed by atoms with Crippen LogP contribution in [-0.4, -0.2) is 5.12 Å². The molecule has 16 heavy (non-hydrogen) atoms. The average molecular weight is 227 g/mol. The minimum atomic E-state index is 0.109. The summed E-state index contributed by atoms with van der Waals surface area (Å²) in [5, 5.41) is 0.109. The predicted octanol–water partition coefficient (Wildman–Crippen LogP) is 3.56. The lowest BCUT2D eigenvalue weighted by Crippen LogP contribution is -1.93. The van der Waals surface area contributed by atoms with Crippen LogP contribution in [0.15, 0.2) is 54.6 Å². The molecule has 0 aromatic heterocycles. The molecule has 2 aromatic rings. The first-order chi connectivity index (χ1) is 7.86. The number of carbonyl (C=O) groups is 1. The number of hydrogen-bond donors (Lipinski definition) is 0. The molecular weight excluding hydrogens is 216 g/mol. The number of carbonyl (C=O) groups excluding carboxylic acids is 1. The van der Waals surface area contributed by atoms with Crippen LogP contribution in [0.4, 0.5) is 0 Å². The van der Waals surface area contributed by atoms with Crippen LogP contribution in [0, 0.1) is 6.07 Å². The van der Waals surface area contributed by atoms with E-state index in [-0.39, 0.29) is 5.12 Å². The Morgan fingerprint density at radius 1 is 1.06 bits per heavy atom. The lowest BCUT2D eigenvalue weighted by atomic mass is 10.2. The summed E-state index contributed by atoms with van der Waals surface area (Å²) in [6, 6.07) is 20.2. The maximum absolute atomic E-state index is 11.8. The van der Waals surface area contributed by atoms with Crippen LogP contribution in [0.1, 0.15) is 15.9 Å². The quantitative estimate of drug-likeness (QED) is 0.797. The van der Waals surface area contributed by atoms with Gasteiger partial charge in [-0.05, 0) is 11.6 Å². The molecule has 0 saturated heterocycles. The standard InChI is InChI=1S/C14H11OS/c15-14(13-9-5-2-6-10-13)16-11-12-7-3-1-4-8-12/h1-7,9-10H,11H2. The Morgan fingerprint density at radius 2 is 1.81 bits per heavy atom. The van der Waals surface area contributed by atoms with E-state index in [9.17, 15) is 4.79 Å². The molecule has 2 aromatic carbocycles. The van der Waals surface area contributed by atoms with Crippen molar-refractivity contribution in [3.8, 4) is 0 Å². The fourth-order valence-electron chi connectivity index (χ4n) is 1.32. The van der Waals surface area contributed by atoms with Gasteiger partial charge in [-0.2, -0.15) is 0 Å². The van der Waals surface area contributed by atoms with Gasteiger partial charge >= 0.3 is 0 Å². The van der Waals surface area contributed by atoms with E-state index in [2.05, 4.69) is 6.07 Å². The molecule has 0 aliphatic rings. The highest BCUT2D eigenvalue weighted by Crippen LogP contribution is 2.17. The molecule has 0 bridgehead atoms. The molecule has 0 spiro atoms. The van der Waals surface area contributed by atoms with Gasteiger partial charge in [0.1, 0.15) is 0 Å². The summed E-state index contributed by atoms with van der Waals surface area (Å²) < 4.78 is 0. The topological polar surface area (TPSA) is 17.1 Å². The summed E-state index contributed by atoms with van der Waals surface area (Å²) >= 11 is 1.31. The molecule has 1 nitrogen and oxygen atoms in total. The van der Waals surface area contributed by atoms with E-state index in [4.69, 9.17) is 0 Å². The lowest BCUT2D eigenvalue weighted by molar-refractivity contribution is 0.108. The van der Waals surface area contributed by atoms with Crippen molar-refractivity contribution in [3.05, 3.63) is 71.8 Å². The van der Waals surface area contributed by atoms with Crippen molar-refractivity contribution < 1.29 is 4.79 Å². The van der Waals surface area contributed by atoms with Crippen LogP contribution >= 0.6 is 11.8 Å². The first kappa shape index (κ1) is 11.0. The maximum atomic E-state index is 11.8. The van der Waals surface area contributed by atoms with E-state index in [1.807, 2.05) is 54.6 Å². The summed E-state index contributed by atoms with van der Waals surface area (Å²) in [6.45, 7) is 0. The van der Waals surface area contributed by atoms with Crippen LogP contribution in [0.2, 0.25) is 0 Å². The summed E-state index contributed by atoms with van der Waals surface area (Å²) in [4.78, 5) is 11.8. The van der Waals surface area contributed by atoms with Gasteiger partial charge in [-0.25, -0.2) is 0 Å². The fourth-order valence-corrected chi connectivity index (χ4v) is 2.09. The third-order valence-corrected chi connectivity index (χ3v) is 3.09. The minimum Gasteiger partial charge on any atom is -0.282 e. The SMILES string of the molecule is O=C(SCc1[c]cccc1)c1ccccc1. The van der Waals surface area contributed by atoms with Gasteiger partial charge in [0, 0.05) is 11.3 Å². The Balaban J connectivity index is 1.95. The molecule has 0 saturated carbocycles. The van der Waals surface area contributed by atoms with Crippen molar-refractivity contribution in [2.45, 2.75) is 5.75 Å². The highest BCUT2D eigenvalue weighted by molar-refractivity contribution is 8.13. The monoisotopic (exact) mass is 227 g/mol. The molecule has 79 valence electrons. The van der Waals surface area contributed by atoms with Crippen molar-refractivity contribution >= 4 is 16.9 Å². The zero-order valence-corrected chi connectivity index (χ0v) is 9.54. The minimum absolute atomic E-state index is 0.109. The lowest BCUT2D eigenvalue weighted by Gasteiger charge is -2.00. The van der Waals surface area contributed by atoms with Crippen molar-refractivity contribution in [1.29, 1.82) is 0 Å². The number of rotatable bonds is 3. The van der Waals surface area contributed by atoms with Crippen molar-refractivity contribution in [3.63, 3.8) is 0 Å². The van der Waals surface area contributed by atoms with Crippen molar-refractivity contribution in [2.75, 3.05) is 0 Å². The Labute approximate surface area is 99.5 Å². The highest BCUT2D eigenvalue weighted by atomic mass is 32.2. The second-order valence-electron chi connectivity index (χ2n) is 3.33. The smallest absolute Gasteiger partial charge is 0.219 e. The number of hydrogen-bond acceptors (Lipinski definition) is 2. The zero-order chi connectivity index (χ0) is 11.2. The molecule has 2 rings (SSSR count). The molecule has 0 unspecified atom stereocenters. The molecule has 0 atom stereocenters. The van der Waals surface area contributed by atoms with E-state index in [0.717, 1.165) is 11.1 Å². The maximum Gasteiger partial charge on any atom is 0.219 e. The van der Waals surface area contributed by atoms with E-state index >= 15 is 0 Å². The van der Waals surface area contributed by atoms with Gasteiger partial charge < -0.3 is 0 Å².